The molecule has 100 valence electrons. The molecule has 0 aliphatic carbocycles. The molecule has 0 aliphatic heterocycles. The summed E-state index contributed by atoms with van der Waals surface area (Å²) in [6.45, 7) is 0.829. The van der Waals surface area contributed by atoms with E-state index in [0.717, 1.165) is 32.8 Å². The van der Waals surface area contributed by atoms with E-state index >= 15 is 0 Å². The molecule has 0 bridgehead atoms. The molecular formula is C15H15Cl2NS. The van der Waals surface area contributed by atoms with Crippen molar-refractivity contribution in [3.05, 3.63) is 63.6 Å². The third kappa shape index (κ3) is 4.15. The van der Waals surface area contributed by atoms with Crippen molar-refractivity contribution in [2.45, 2.75) is 17.2 Å². The molecule has 2 aromatic carbocycles. The van der Waals surface area contributed by atoms with Gasteiger partial charge in [0.05, 0.1) is 5.02 Å². The van der Waals surface area contributed by atoms with Crippen LogP contribution in [0.25, 0.3) is 0 Å². The molecule has 0 radical (unpaired) electrons. The molecule has 0 saturated heterocycles. The number of hydrogen-bond donors (Lipinski definition) is 1. The Morgan fingerprint density at radius 2 is 1.84 bits per heavy atom. The topological polar surface area (TPSA) is 12.0 Å². The molecule has 0 unspecified atom stereocenters. The minimum atomic E-state index is 0.796. The number of thioether (sulfide) groups is 1. The average molecular weight is 312 g/mol. The summed E-state index contributed by atoms with van der Waals surface area (Å²) in [5.41, 5.74) is 2.32. The molecule has 0 fully saturated rings. The van der Waals surface area contributed by atoms with Crippen molar-refractivity contribution in [3.8, 4) is 0 Å². The van der Waals surface area contributed by atoms with Gasteiger partial charge >= 0.3 is 0 Å². The highest BCUT2D eigenvalue weighted by Crippen LogP contribution is 2.32. The van der Waals surface area contributed by atoms with E-state index < -0.39 is 0 Å². The van der Waals surface area contributed by atoms with Gasteiger partial charge in [-0.2, -0.15) is 0 Å². The number of nitrogens with one attached hydrogen (secondary N) is 1. The van der Waals surface area contributed by atoms with Crippen molar-refractivity contribution in [3.63, 3.8) is 0 Å². The second-order valence-electron chi connectivity index (χ2n) is 4.18. The van der Waals surface area contributed by atoms with E-state index in [1.807, 2.05) is 37.4 Å². The molecule has 0 heterocycles. The van der Waals surface area contributed by atoms with Gasteiger partial charge in [0.15, 0.2) is 0 Å². The van der Waals surface area contributed by atoms with Crippen LogP contribution in [0.1, 0.15) is 11.1 Å². The van der Waals surface area contributed by atoms with Crippen LogP contribution in [0.15, 0.2) is 47.4 Å². The van der Waals surface area contributed by atoms with E-state index in [1.54, 1.807) is 11.8 Å². The van der Waals surface area contributed by atoms with Gasteiger partial charge in [-0.25, -0.2) is 0 Å². The van der Waals surface area contributed by atoms with Gasteiger partial charge in [0, 0.05) is 22.2 Å². The van der Waals surface area contributed by atoms with E-state index in [2.05, 4.69) is 17.4 Å². The molecule has 0 spiro atoms. The summed E-state index contributed by atoms with van der Waals surface area (Å²) in [6, 6.07) is 14.1. The first-order valence-corrected chi connectivity index (χ1v) is 7.74. The average Bonchev–Trinajstić information content (AvgIpc) is 2.40. The molecule has 0 aromatic heterocycles. The largest absolute Gasteiger partial charge is 0.316 e. The lowest BCUT2D eigenvalue weighted by atomic mass is 10.2. The Balaban J connectivity index is 2.06. The van der Waals surface area contributed by atoms with Crippen LogP contribution >= 0.6 is 35.0 Å². The lowest BCUT2D eigenvalue weighted by Gasteiger charge is -2.08. The Morgan fingerprint density at radius 1 is 1.05 bits per heavy atom. The molecule has 1 N–H and O–H groups in total. The van der Waals surface area contributed by atoms with Gasteiger partial charge in [0.1, 0.15) is 0 Å². The summed E-state index contributed by atoms with van der Waals surface area (Å²) in [7, 11) is 1.92. The predicted octanol–water partition coefficient (Wildman–Crippen LogP) is 5.01. The lowest BCUT2D eigenvalue weighted by molar-refractivity contribution is 0.817. The molecule has 2 rings (SSSR count). The van der Waals surface area contributed by atoms with Crippen molar-refractivity contribution in [2.24, 2.45) is 0 Å². The highest BCUT2D eigenvalue weighted by Gasteiger charge is 2.05. The fraction of sp³-hybridized carbons (Fsp3) is 0.200. The van der Waals surface area contributed by atoms with Gasteiger partial charge in [-0.15, -0.1) is 11.8 Å². The summed E-state index contributed by atoms with van der Waals surface area (Å²) in [4.78, 5) is 1.08. The van der Waals surface area contributed by atoms with Crippen LogP contribution < -0.4 is 5.32 Å². The van der Waals surface area contributed by atoms with E-state index in [-0.39, 0.29) is 0 Å². The van der Waals surface area contributed by atoms with Gasteiger partial charge in [-0.3, -0.25) is 0 Å². The van der Waals surface area contributed by atoms with Crippen molar-refractivity contribution in [2.75, 3.05) is 7.05 Å². The molecule has 0 aliphatic rings. The van der Waals surface area contributed by atoms with Gasteiger partial charge in [-0.1, -0.05) is 47.5 Å². The Bertz CT molecular complexity index is 558. The monoisotopic (exact) mass is 311 g/mol. The zero-order valence-electron chi connectivity index (χ0n) is 10.6. The van der Waals surface area contributed by atoms with E-state index in [4.69, 9.17) is 23.2 Å². The second-order valence-corrected chi connectivity index (χ2v) is 6.01. The molecular weight excluding hydrogens is 297 g/mol. The van der Waals surface area contributed by atoms with Crippen LogP contribution in [-0.2, 0) is 12.3 Å². The van der Waals surface area contributed by atoms with Crippen LogP contribution in [0.4, 0.5) is 0 Å². The Hall–Kier alpha value is -0.670. The number of benzene rings is 2. The van der Waals surface area contributed by atoms with Crippen molar-refractivity contribution in [1.29, 1.82) is 0 Å². The summed E-state index contributed by atoms with van der Waals surface area (Å²) in [5, 5.41) is 4.71. The molecule has 4 heteroatoms. The minimum Gasteiger partial charge on any atom is -0.316 e. The van der Waals surface area contributed by atoms with Crippen molar-refractivity contribution >= 4 is 35.0 Å². The highest BCUT2D eigenvalue weighted by molar-refractivity contribution is 7.98. The Labute approximate surface area is 128 Å². The number of halogens is 2. The molecule has 0 atom stereocenters. The molecule has 0 amide bonds. The van der Waals surface area contributed by atoms with Crippen molar-refractivity contribution < 1.29 is 0 Å². The smallest absolute Gasteiger partial charge is 0.0545 e. The number of rotatable bonds is 5. The van der Waals surface area contributed by atoms with Crippen LogP contribution in [0.2, 0.25) is 10.0 Å². The second kappa shape index (κ2) is 7.20. The quantitative estimate of drug-likeness (QED) is 0.779. The molecule has 2 aromatic rings. The maximum Gasteiger partial charge on any atom is 0.0545 e. The standard InChI is InChI=1S/C15H15Cl2NS/c1-18-9-11-6-7-15(14(17)8-11)19-10-12-4-2-3-5-13(12)16/h2-8,18H,9-10H2,1H3. The zero-order valence-corrected chi connectivity index (χ0v) is 12.9. The third-order valence-corrected chi connectivity index (χ3v) is 4.63. The first-order valence-electron chi connectivity index (χ1n) is 6.00. The predicted molar refractivity (Wildman–Crippen MR) is 85.2 cm³/mol. The van der Waals surface area contributed by atoms with E-state index in [9.17, 15) is 0 Å². The Kier molecular flexibility index (Phi) is 5.59. The van der Waals surface area contributed by atoms with Crippen LogP contribution in [-0.4, -0.2) is 7.05 Å². The van der Waals surface area contributed by atoms with Crippen LogP contribution in [0.3, 0.4) is 0 Å². The fourth-order valence-corrected chi connectivity index (χ4v) is 3.32. The summed E-state index contributed by atoms with van der Waals surface area (Å²) >= 11 is 14.1. The lowest BCUT2D eigenvalue weighted by Crippen LogP contribution is -2.04. The van der Waals surface area contributed by atoms with E-state index in [1.165, 1.54) is 5.56 Å². The first kappa shape index (κ1) is 14.7. The summed E-state index contributed by atoms with van der Waals surface area (Å²) in [6.07, 6.45) is 0. The van der Waals surface area contributed by atoms with Gasteiger partial charge in [0.2, 0.25) is 0 Å². The van der Waals surface area contributed by atoms with Gasteiger partial charge < -0.3 is 5.32 Å². The van der Waals surface area contributed by atoms with E-state index in [0.29, 0.717) is 0 Å². The molecule has 0 saturated carbocycles. The normalized spacial score (nSPS) is 10.7. The SMILES string of the molecule is CNCc1ccc(SCc2ccccc2Cl)c(Cl)c1. The maximum absolute atomic E-state index is 6.29. The van der Waals surface area contributed by atoms with Gasteiger partial charge in [-0.05, 0) is 36.4 Å². The third-order valence-electron chi connectivity index (χ3n) is 2.72. The van der Waals surface area contributed by atoms with Crippen LogP contribution in [0, 0.1) is 0 Å². The Morgan fingerprint density at radius 3 is 2.53 bits per heavy atom. The molecule has 19 heavy (non-hydrogen) atoms. The fourth-order valence-electron chi connectivity index (χ4n) is 1.75. The van der Waals surface area contributed by atoms with Gasteiger partial charge in [0.25, 0.3) is 0 Å². The first-order chi connectivity index (χ1) is 9.20. The molecule has 1 nitrogen and oxygen atoms in total. The minimum absolute atomic E-state index is 0.796. The summed E-state index contributed by atoms with van der Waals surface area (Å²) < 4.78 is 0. The maximum atomic E-state index is 6.29. The summed E-state index contributed by atoms with van der Waals surface area (Å²) in [5.74, 6) is 0.824. The van der Waals surface area contributed by atoms with Crippen LogP contribution in [0.5, 0.6) is 0 Å². The number of hydrogen-bond acceptors (Lipinski definition) is 2. The van der Waals surface area contributed by atoms with Crippen molar-refractivity contribution in [1.82, 2.24) is 5.32 Å². The zero-order chi connectivity index (χ0) is 13.7. The highest BCUT2D eigenvalue weighted by atomic mass is 35.5.